The lowest BCUT2D eigenvalue weighted by molar-refractivity contribution is 0.243. The maximum atomic E-state index is 2.41. The van der Waals surface area contributed by atoms with Crippen LogP contribution in [-0.4, -0.2) is 0 Å². The Morgan fingerprint density at radius 2 is 1.83 bits per heavy atom. The van der Waals surface area contributed by atoms with Gasteiger partial charge < -0.3 is 0 Å². The van der Waals surface area contributed by atoms with Crippen molar-refractivity contribution in [1.82, 2.24) is 0 Å². The van der Waals surface area contributed by atoms with Crippen LogP contribution in [0.4, 0.5) is 0 Å². The fraction of sp³-hybridized carbons (Fsp3) is 0.667. The molecule has 68 valence electrons. The molecule has 0 heterocycles. The van der Waals surface area contributed by atoms with Crippen LogP contribution < -0.4 is 0 Å². The van der Waals surface area contributed by atoms with Crippen LogP contribution in [-0.2, 0) is 0 Å². The molecule has 2 atom stereocenters. The van der Waals surface area contributed by atoms with Gasteiger partial charge in [-0.15, -0.1) is 0 Å². The Bertz CT molecular complexity index is 213. The van der Waals surface area contributed by atoms with Gasteiger partial charge in [-0.1, -0.05) is 51.5 Å². The maximum Gasteiger partial charge on any atom is -0.0119 e. The molecule has 1 aliphatic rings. The Hall–Kier alpha value is -0.520. The molecule has 0 radical (unpaired) electrons. The van der Waals surface area contributed by atoms with E-state index in [4.69, 9.17) is 0 Å². The van der Waals surface area contributed by atoms with Crippen molar-refractivity contribution < 1.29 is 0 Å². The molecular formula is C12H20. The third-order valence-corrected chi connectivity index (χ3v) is 2.67. The Morgan fingerprint density at radius 1 is 1.25 bits per heavy atom. The maximum absolute atomic E-state index is 2.41. The Morgan fingerprint density at radius 3 is 2.25 bits per heavy atom. The molecule has 0 saturated carbocycles. The van der Waals surface area contributed by atoms with E-state index >= 15 is 0 Å². The SMILES string of the molecule is CC1=CC(C(C)(C)C)C(C)C=C1. The number of allylic oxidation sites excluding steroid dienone is 4. The molecule has 0 aliphatic heterocycles. The van der Waals surface area contributed by atoms with E-state index in [1.54, 1.807) is 0 Å². The summed E-state index contributed by atoms with van der Waals surface area (Å²) in [4.78, 5) is 0. The normalized spacial score (nSPS) is 30.2. The highest BCUT2D eigenvalue weighted by Crippen LogP contribution is 2.36. The first-order valence-electron chi connectivity index (χ1n) is 4.78. The third-order valence-electron chi connectivity index (χ3n) is 2.67. The summed E-state index contributed by atoms with van der Waals surface area (Å²) >= 11 is 0. The van der Waals surface area contributed by atoms with Crippen LogP contribution in [0.15, 0.2) is 23.8 Å². The van der Waals surface area contributed by atoms with E-state index in [0.29, 0.717) is 17.3 Å². The molecule has 0 saturated heterocycles. The van der Waals surface area contributed by atoms with E-state index in [9.17, 15) is 0 Å². The summed E-state index contributed by atoms with van der Waals surface area (Å²) < 4.78 is 0. The van der Waals surface area contributed by atoms with Gasteiger partial charge in [-0.05, 0) is 24.2 Å². The summed E-state index contributed by atoms with van der Waals surface area (Å²) in [5.41, 5.74) is 1.80. The fourth-order valence-corrected chi connectivity index (χ4v) is 1.95. The molecule has 0 heteroatoms. The Balaban J connectivity index is 2.85. The standard InChI is InChI=1S/C12H20/c1-9-6-7-10(2)11(8-9)12(3,4)5/h6-8,10-11H,1-5H3. The molecule has 0 amide bonds. The van der Waals surface area contributed by atoms with E-state index in [1.807, 2.05) is 0 Å². The minimum atomic E-state index is 0.394. The van der Waals surface area contributed by atoms with Gasteiger partial charge in [-0.25, -0.2) is 0 Å². The zero-order chi connectivity index (χ0) is 9.35. The van der Waals surface area contributed by atoms with Crippen LogP contribution in [0.5, 0.6) is 0 Å². The van der Waals surface area contributed by atoms with E-state index in [0.717, 1.165) is 0 Å². The topological polar surface area (TPSA) is 0 Å². The Labute approximate surface area is 76.4 Å². The third kappa shape index (κ3) is 2.00. The highest BCUT2D eigenvalue weighted by Gasteiger charge is 2.27. The molecule has 1 rings (SSSR count). The molecule has 2 unspecified atom stereocenters. The van der Waals surface area contributed by atoms with E-state index in [2.05, 4.69) is 52.8 Å². The van der Waals surface area contributed by atoms with Crippen LogP contribution >= 0.6 is 0 Å². The van der Waals surface area contributed by atoms with Gasteiger partial charge in [-0.3, -0.25) is 0 Å². The van der Waals surface area contributed by atoms with Gasteiger partial charge in [0, 0.05) is 0 Å². The molecule has 0 spiro atoms. The molecule has 0 N–H and O–H groups in total. The zero-order valence-corrected chi connectivity index (χ0v) is 8.89. The van der Waals surface area contributed by atoms with E-state index < -0.39 is 0 Å². The quantitative estimate of drug-likeness (QED) is 0.511. The van der Waals surface area contributed by atoms with Crippen LogP contribution in [0, 0.1) is 17.3 Å². The molecule has 12 heavy (non-hydrogen) atoms. The summed E-state index contributed by atoms with van der Waals surface area (Å²) in [6, 6.07) is 0. The Kier molecular flexibility index (Phi) is 2.46. The van der Waals surface area contributed by atoms with Gasteiger partial charge in [0.25, 0.3) is 0 Å². The van der Waals surface area contributed by atoms with Gasteiger partial charge in [0.2, 0.25) is 0 Å². The van der Waals surface area contributed by atoms with Crippen molar-refractivity contribution in [3.63, 3.8) is 0 Å². The van der Waals surface area contributed by atoms with E-state index in [-0.39, 0.29) is 0 Å². The molecule has 0 aromatic carbocycles. The predicted molar refractivity (Wildman–Crippen MR) is 55.0 cm³/mol. The minimum absolute atomic E-state index is 0.394. The van der Waals surface area contributed by atoms with Crippen LogP contribution in [0.25, 0.3) is 0 Å². The lowest BCUT2D eigenvalue weighted by atomic mass is 9.71. The summed E-state index contributed by atoms with van der Waals surface area (Å²) in [5, 5.41) is 0. The van der Waals surface area contributed by atoms with Crippen molar-refractivity contribution >= 4 is 0 Å². The molecule has 0 fully saturated rings. The van der Waals surface area contributed by atoms with Crippen molar-refractivity contribution in [3.8, 4) is 0 Å². The monoisotopic (exact) mass is 164 g/mol. The van der Waals surface area contributed by atoms with Crippen molar-refractivity contribution in [2.75, 3.05) is 0 Å². The molecule has 0 aromatic heterocycles. The van der Waals surface area contributed by atoms with Crippen LogP contribution in [0.2, 0.25) is 0 Å². The van der Waals surface area contributed by atoms with Gasteiger partial charge >= 0.3 is 0 Å². The first kappa shape index (κ1) is 9.57. The van der Waals surface area contributed by atoms with Crippen molar-refractivity contribution in [2.45, 2.75) is 34.6 Å². The van der Waals surface area contributed by atoms with Gasteiger partial charge in [0.1, 0.15) is 0 Å². The largest absolute Gasteiger partial charge is 0.0808 e. The van der Waals surface area contributed by atoms with Crippen molar-refractivity contribution in [3.05, 3.63) is 23.8 Å². The first-order chi connectivity index (χ1) is 5.41. The lowest BCUT2D eigenvalue weighted by Crippen LogP contribution is -2.25. The summed E-state index contributed by atoms with van der Waals surface area (Å²) in [6.45, 7) is 11.4. The molecule has 0 bridgehead atoms. The van der Waals surface area contributed by atoms with Gasteiger partial charge in [0.15, 0.2) is 0 Å². The molecule has 0 aromatic rings. The summed E-state index contributed by atoms with van der Waals surface area (Å²) in [5.74, 6) is 1.39. The number of hydrogen-bond acceptors (Lipinski definition) is 0. The second-order valence-corrected chi connectivity index (χ2v) is 5.02. The zero-order valence-electron chi connectivity index (χ0n) is 8.89. The lowest BCUT2D eigenvalue weighted by Gasteiger charge is -2.34. The second-order valence-electron chi connectivity index (χ2n) is 5.02. The van der Waals surface area contributed by atoms with Gasteiger partial charge in [0.05, 0.1) is 0 Å². The number of rotatable bonds is 0. The average Bonchev–Trinajstić information content (AvgIpc) is 1.92. The minimum Gasteiger partial charge on any atom is -0.0808 e. The number of hydrogen-bond donors (Lipinski definition) is 0. The fourth-order valence-electron chi connectivity index (χ4n) is 1.95. The highest BCUT2D eigenvalue weighted by atomic mass is 14.3. The average molecular weight is 164 g/mol. The predicted octanol–water partition coefficient (Wildman–Crippen LogP) is 3.80. The van der Waals surface area contributed by atoms with E-state index in [1.165, 1.54) is 5.57 Å². The summed E-state index contributed by atoms with van der Waals surface area (Å²) in [7, 11) is 0. The molecular weight excluding hydrogens is 144 g/mol. The smallest absolute Gasteiger partial charge is 0.0119 e. The second kappa shape index (κ2) is 3.08. The van der Waals surface area contributed by atoms with Gasteiger partial charge in [-0.2, -0.15) is 0 Å². The summed E-state index contributed by atoms with van der Waals surface area (Å²) in [6.07, 6.45) is 6.96. The van der Waals surface area contributed by atoms with Crippen LogP contribution in [0.3, 0.4) is 0 Å². The first-order valence-corrected chi connectivity index (χ1v) is 4.78. The van der Waals surface area contributed by atoms with Crippen LogP contribution in [0.1, 0.15) is 34.6 Å². The van der Waals surface area contributed by atoms with Crippen molar-refractivity contribution in [1.29, 1.82) is 0 Å². The molecule has 0 nitrogen and oxygen atoms in total. The van der Waals surface area contributed by atoms with Crippen molar-refractivity contribution in [2.24, 2.45) is 17.3 Å². The highest BCUT2D eigenvalue weighted by molar-refractivity contribution is 5.24. The molecule has 1 aliphatic carbocycles.